The first kappa shape index (κ1) is 14.5. The molecule has 0 aromatic heterocycles. The molecule has 3 N–H and O–H groups in total. The van der Waals surface area contributed by atoms with Crippen LogP contribution in [0.5, 0.6) is 0 Å². The van der Waals surface area contributed by atoms with Crippen molar-refractivity contribution in [3.05, 3.63) is 35.9 Å². The average molecular weight is 263 g/mol. The molecule has 3 heteroatoms. The lowest BCUT2D eigenvalue weighted by atomic mass is 9.80. The van der Waals surface area contributed by atoms with Crippen molar-refractivity contribution in [2.24, 2.45) is 17.6 Å². The number of hydrogen-bond acceptors (Lipinski definition) is 3. The molecule has 1 fully saturated rings. The van der Waals surface area contributed by atoms with E-state index in [2.05, 4.69) is 0 Å². The SMILES string of the molecule is NCC1CCCCC1COCC(O)c1ccccc1. The first-order valence-corrected chi connectivity index (χ1v) is 7.32. The van der Waals surface area contributed by atoms with Crippen molar-refractivity contribution >= 4 is 0 Å². The van der Waals surface area contributed by atoms with Crippen LogP contribution in [0.25, 0.3) is 0 Å². The quantitative estimate of drug-likeness (QED) is 0.829. The van der Waals surface area contributed by atoms with E-state index < -0.39 is 6.10 Å². The molecule has 3 atom stereocenters. The molecule has 0 aliphatic heterocycles. The van der Waals surface area contributed by atoms with Crippen molar-refractivity contribution in [1.29, 1.82) is 0 Å². The highest BCUT2D eigenvalue weighted by atomic mass is 16.5. The first-order valence-electron chi connectivity index (χ1n) is 7.32. The van der Waals surface area contributed by atoms with E-state index in [0.29, 0.717) is 18.4 Å². The van der Waals surface area contributed by atoms with Crippen LogP contribution < -0.4 is 5.73 Å². The van der Waals surface area contributed by atoms with Crippen LogP contribution in [0.4, 0.5) is 0 Å². The third-order valence-electron chi connectivity index (χ3n) is 4.16. The van der Waals surface area contributed by atoms with Gasteiger partial charge in [0.1, 0.15) is 6.10 Å². The highest BCUT2D eigenvalue weighted by Gasteiger charge is 2.24. The maximum absolute atomic E-state index is 10.0. The second kappa shape index (κ2) is 7.63. The molecule has 0 amide bonds. The van der Waals surface area contributed by atoms with E-state index in [9.17, 15) is 5.11 Å². The van der Waals surface area contributed by atoms with Gasteiger partial charge in [0.2, 0.25) is 0 Å². The number of aliphatic hydroxyl groups is 1. The van der Waals surface area contributed by atoms with Crippen molar-refractivity contribution in [3.8, 4) is 0 Å². The summed E-state index contributed by atoms with van der Waals surface area (Å²) in [5, 5.41) is 10.0. The van der Waals surface area contributed by atoms with E-state index in [1.54, 1.807) is 0 Å². The minimum atomic E-state index is -0.527. The Kier molecular flexibility index (Phi) is 5.83. The van der Waals surface area contributed by atoms with Gasteiger partial charge in [-0.1, -0.05) is 43.2 Å². The van der Waals surface area contributed by atoms with Crippen LogP contribution in [0.2, 0.25) is 0 Å². The lowest BCUT2D eigenvalue weighted by molar-refractivity contribution is 0.00376. The zero-order chi connectivity index (χ0) is 13.5. The summed E-state index contributed by atoms with van der Waals surface area (Å²) in [4.78, 5) is 0. The fourth-order valence-electron chi connectivity index (χ4n) is 2.92. The van der Waals surface area contributed by atoms with Crippen LogP contribution >= 0.6 is 0 Å². The van der Waals surface area contributed by atoms with Crippen LogP contribution in [-0.4, -0.2) is 24.9 Å². The van der Waals surface area contributed by atoms with Crippen molar-refractivity contribution < 1.29 is 9.84 Å². The molecule has 3 unspecified atom stereocenters. The molecule has 0 bridgehead atoms. The molecule has 1 aliphatic carbocycles. The van der Waals surface area contributed by atoms with Crippen LogP contribution in [0, 0.1) is 11.8 Å². The van der Waals surface area contributed by atoms with Gasteiger partial charge in [-0.3, -0.25) is 0 Å². The third kappa shape index (κ3) is 4.30. The highest BCUT2D eigenvalue weighted by Crippen LogP contribution is 2.29. The van der Waals surface area contributed by atoms with Crippen molar-refractivity contribution in [3.63, 3.8) is 0 Å². The molecule has 19 heavy (non-hydrogen) atoms. The second-order valence-electron chi connectivity index (χ2n) is 5.50. The van der Waals surface area contributed by atoms with Gasteiger partial charge in [0.05, 0.1) is 6.61 Å². The summed E-state index contributed by atoms with van der Waals surface area (Å²) in [5.41, 5.74) is 6.73. The molecule has 0 saturated heterocycles. The lowest BCUT2D eigenvalue weighted by Gasteiger charge is -2.30. The van der Waals surface area contributed by atoms with Crippen LogP contribution in [0.1, 0.15) is 37.4 Å². The van der Waals surface area contributed by atoms with Gasteiger partial charge in [0.25, 0.3) is 0 Å². The second-order valence-corrected chi connectivity index (χ2v) is 5.50. The molecule has 3 nitrogen and oxygen atoms in total. The maximum atomic E-state index is 10.0. The topological polar surface area (TPSA) is 55.5 Å². The Bertz CT molecular complexity index is 355. The Morgan fingerprint density at radius 3 is 2.53 bits per heavy atom. The van der Waals surface area contributed by atoms with E-state index in [1.807, 2.05) is 30.3 Å². The fourth-order valence-corrected chi connectivity index (χ4v) is 2.92. The number of nitrogens with two attached hydrogens (primary N) is 1. The molecule has 1 aromatic carbocycles. The summed E-state index contributed by atoms with van der Waals surface area (Å²) in [5.74, 6) is 1.17. The zero-order valence-corrected chi connectivity index (χ0v) is 11.5. The molecule has 1 aromatic rings. The van der Waals surface area contributed by atoms with E-state index >= 15 is 0 Å². The van der Waals surface area contributed by atoms with Gasteiger partial charge >= 0.3 is 0 Å². The van der Waals surface area contributed by atoms with E-state index in [-0.39, 0.29) is 0 Å². The minimum absolute atomic E-state index is 0.373. The Labute approximate surface area is 115 Å². The molecule has 0 spiro atoms. The van der Waals surface area contributed by atoms with Crippen LogP contribution in [0.15, 0.2) is 30.3 Å². The monoisotopic (exact) mass is 263 g/mol. The molecule has 0 radical (unpaired) electrons. The summed E-state index contributed by atoms with van der Waals surface area (Å²) in [6.45, 7) is 1.86. The summed E-state index contributed by atoms with van der Waals surface area (Å²) in [6, 6.07) is 9.67. The Morgan fingerprint density at radius 1 is 1.16 bits per heavy atom. The smallest absolute Gasteiger partial charge is 0.102 e. The standard InChI is InChI=1S/C16H25NO2/c17-10-14-8-4-5-9-15(14)11-19-12-16(18)13-6-2-1-3-7-13/h1-3,6-7,14-16,18H,4-5,8-12,17H2. The predicted octanol–water partition coefficient (Wildman–Crippen LogP) is 2.50. The van der Waals surface area contributed by atoms with Gasteiger partial charge in [-0.05, 0) is 36.8 Å². The molecule has 106 valence electrons. The fraction of sp³-hybridized carbons (Fsp3) is 0.625. The van der Waals surface area contributed by atoms with Crippen molar-refractivity contribution in [1.82, 2.24) is 0 Å². The molecular weight excluding hydrogens is 238 g/mol. The van der Waals surface area contributed by atoms with Gasteiger partial charge in [-0.2, -0.15) is 0 Å². The largest absolute Gasteiger partial charge is 0.386 e. The van der Waals surface area contributed by atoms with Gasteiger partial charge in [-0.25, -0.2) is 0 Å². The van der Waals surface area contributed by atoms with E-state index in [1.165, 1.54) is 25.7 Å². The normalized spacial score (nSPS) is 25.2. The molecule has 1 saturated carbocycles. The van der Waals surface area contributed by atoms with Crippen LogP contribution in [-0.2, 0) is 4.74 Å². The lowest BCUT2D eigenvalue weighted by Crippen LogP contribution is -2.30. The summed E-state index contributed by atoms with van der Waals surface area (Å²) < 4.78 is 5.72. The highest BCUT2D eigenvalue weighted by molar-refractivity contribution is 5.17. The molecule has 0 heterocycles. The van der Waals surface area contributed by atoms with Gasteiger partial charge in [-0.15, -0.1) is 0 Å². The van der Waals surface area contributed by atoms with Gasteiger partial charge in [0.15, 0.2) is 0 Å². The first-order chi connectivity index (χ1) is 9.31. The Morgan fingerprint density at radius 2 is 1.84 bits per heavy atom. The summed E-state index contributed by atoms with van der Waals surface area (Å²) >= 11 is 0. The number of benzene rings is 1. The maximum Gasteiger partial charge on any atom is 0.102 e. The average Bonchev–Trinajstić information content (AvgIpc) is 2.48. The summed E-state index contributed by atoms with van der Waals surface area (Å²) in [6.07, 6.45) is 4.49. The Hall–Kier alpha value is -0.900. The number of rotatable bonds is 6. The van der Waals surface area contributed by atoms with E-state index in [4.69, 9.17) is 10.5 Å². The molecular formula is C16H25NO2. The third-order valence-corrected chi connectivity index (χ3v) is 4.16. The molecule has 2 rings (SSSR count). The van der Waals surface area contributed by atoms with Crippen molar-refractivity contribution in [2.45, 2.75) is 31.8 Å². The minimum Gasteiger partial charge on any atom is -0.386 e. The van der Waals surface area contributed by atoms with Crippen LogP contribution in [0.3, 0.4) is 0 Å². The van der Waals surface area contributed by atoms with Gasteiger partial charge < -0.3 is 15.6 Å². The zero-order valence-electron chi connectivity index (χ0n) is 11.5. The van der Waals surface area contributed by atoms with Gasteiger partial charge in [0, 0.05) is 6.61 Å². The Balaban J connectivity index is 1.73. The number of ether oxygens (including phenoxy) is 1. The van der Waals surface area contributed by atoms with Crippen molar-refractivity contribution in [2.75, 3.05) is 19.8 Å². The molecule has 1 aliphatic rings. The van der Waals surface area contributed by atoms with E-state index in [0.717, 1.165) is 18.7 Å². The summed E-state index contributed by atoms with van der Waals surface area (Å²) in [7, 11) is 0. The number of hydrogen-bond donors (Lipinski definition) is 2. The predicted molar refractivity (Wildman–Crippen MR) is 76.7 cm³/mol. The number of aliphatic hydroxyl groups excluding tert-OH is 1.